The second kappa shape index (κ2) is 5.59. The minimum absolute atomic E-state index is 0.0103. The molecule has 8 heteroatoms. The maximum absolute atomic E-state index is 12.6. The van der Waals surface area contributed by atoms with Crippen LogP contribution in [0, 0.1) is 6.92 Å². The number of fused-ring (bicyclic) bond motifs is 1. The number of hydrogen-bond acceptors (Lipinski definition) is 5. The summed E-state index contributed by atoms with van der Waals surface area (Å²) in [7, 11) is 1.28. The van der Waals surface area contributed by atoms with Crippen LogP contribution in [0.15, 0.2) is 6.07 Å². The van der Waals surface area contributed by atoms with Gasteiger partial charge in [0.25, 0.3) is 0 Å². The number of H-pyrrole nitrogens is 1. The molecule has 7 nitrogen and oxygen atoms in total. The first kappa shape index (κ1) is 15.9. The minimum Gasteiger partial charge on any atom is -0.464 e. The van der Waals surface area contributed by atoms with E-state index >= 15 is 0 Å². The molecular formula is C15H19N3O4S. The van der Waals surface area contributed by atoms with Gasteiger partial charge in [0, 0.05) is 17.9 Å². The van der Waals surface area contributed by atoms with E-state index in [9.17, 15) is 14.4 Å². The Bertz CT molecular complexity index is 686. The van der Waals surface area contributed by atoms with Crippen LogP contribution >= 0.6 is 11.8 Å². The largest absolute Gasteiger partial charge is 0.464 e. The Balaban J connectivity index is 1.81. The molecule has 0 spiro atoms. The van der Waals surface area contributed by atoms with Crippen LogP contribution in [-0.4, -0.2) is 51.4 Å². The molecule has 3 rings (SSSR count). The monoisotopic (exact) mass is 337 g/mol. The fraction of sp³-hybridized carbons (Fsp3) is 0.533. The van der Waals surface area contributed by atoms with Crippen LogP contribution < -0.4 is 5.32 Å². The number of methoxy groups -OCH3 is 1. The summed E-state index contributed by atoms with van der Waals surface area (Å²) >= 11 is 1.63. The maximum atomic E-state index is 12.6. The highest BCUT2D eigenvalue weighted by molar-refractivity contribution is 8.01. The fourth-order valence-corrected chi connectivity index (χ4v) is 4.61. The summed E-state index contributed by atoms with van der Waals surface area (Å²) in [5.74, 6) is -0.251. The lowest BCUT2D eigenvalue weighted by molar-refractivity contribution is -0.135. The van der Waals surface area contributed by atoms with Crippen molar-refractivity contribution in [2.75, 3.05) is 18.2 Å². The normalized spacial score (nSPS) is 26.3. The van der Waals surface area contributed by atoms with Crippen LogP contribution in [0.4, 0.5) is 5.69 Å². The van der Waals surface area contributed by atoms with Crippen LogP contribution in [0.3, 0.4) is 0 Å². The smallest absolute Gasteiger partial charge is 0.356 e. The third-order valence-electron chi connectivity index (χ3n) is 4.35. The molecule has 23 heavy (non-hydrogen) atoms. The molecule has 2 atom stereocenters. The summed E-state index contributed by atoms with van der Waals surface area (Å²) in [6, 6.07) is 1.16. The van der Waals surface area contributed by atoms with E-state index in [-0.39, 0.29) is 22.4 Å². The van der Waals surface area contributed by atoms with Gasteiger partial charge in [-0.25, -0.2) is 4.79 Å². The van der Waals surface area contributed by atoms with Crippen molar-refractivity contribution in [3.8, 4) is 0 Å². The van der Waals surface area contributed by atoms with Gasteiger partial charge in [0.2, 0.25) is 11.8 Å². The van der Waals surface area contributed by atoms with Gasteiger partial charge in [0.1, 0.15) is 11.7 Å². The van der Waals surface area contributed by atoms with Gasteiger partial charge in [-0.3, -0.25) is 9.59 Å². The van der Waals surface area contributed by atoms with E-state index in [2.05, 4.69) is 10.3 Å². The molecule has 0 aliphatic carbocycles. The first-order valence-corrected chi connectivity index (χ1v) is 8.39. The number of aromatic amines is 1. The molecule has 0 radical (unpaired) electrons. The summed E-state index contributed by atoms with van der Waals surface area (Å²) in [5, 5.41) is 2.76. The summed E-state index contributed by atoms with van der Waals surface area (Å²) in [6.45, 7) is 3.78. The van der Waals surface area contributed by atoms with E-state index in [1.54, 1.807) is 29.7 Å². The van der Waals surface area contributed by atoms with E-state index in [1.165, 1.54) is 7.11 Å². The number of esters is 1. The highest BCUT2D eigenvalue weighted by Crippen LogP contribution is 2.47. The van der Waals surface area contributed by atoms with Crippen molar-refractivity contribution in [1.82, 2.24) is 9.88 Å². The second-order valence-corrected chi connectivity index (χ2v) is 7.49. The number of nitrogens with one attached hydrogen (secondary N) is 2. The molecule has 2 saturated heterocycles. The van der Waals surface area contributed by atoms with Crippen molar-refractivity contribution >= 4 is 35.2 Å². The van der Waals surface area contributed by atoms with Gasteiger partial charge in [-0.1, -0.05) is 0 Å². The van der Waals surface area contributed by atoms with Gasteiger partial charge in [-0.2, -0.15) is 0 Å². The lowest BCUT2D eigenvalue weighted by Gasteiger charge is -2.29. The molecule has 2 aliphatic rings. The first-order valence-electron chi connectivity index (χ1n) is 7.40. The highest BCUT2D eigenvalue weighted by atomic mass is 32.2. The lowest BCUT2D eigenvalue weighted by Crippen LogP contribution is -2.48. The number of carbonyl (C=O) groups excluding carboxylic acids is 3. The quantitative estimate of drug-likeness (QED) is 0.816. The molecule has 124 valence electrons. The zero-order valence-corrected chi connectivity index (χ0v) is 14.1. The Labute approximate surface area is 138 Å². The molecule has 0 saturated carbocycles. The minimum atomic E-state index is -0.545. The molecule has 1 aromatic rings. The van der Waals surface area contributed by atoms with Gasteiger partial charge in [-0.15, -0.1) is 11.8 Å². The van der Waals surface area contributed by atoms with Crippen LogP contribution in [0.5, 0.6) is 0 Å². The topological polar surface area (TPSA) is 91.5 Å². The van der Waals surface area contributed by atoms with Gasteiger partial charge >= 0.3 is 5.97 Å². The average molecular weight is 337 g/mol. The molecule has 2 aliphatic heterocycles. The molecule has 1 aromatic heterocycles. The standard InChI is InChI=1S/C15H19N3O4S/c1-8-6-9(12(16-8)14(21)22-3)17-13(20)10-7-23-15(2)5-4-11(19)18(10)15/h6,10,16H,4-5,7H2,1-3H3,(H,17,20)/t10-,15+/m0/s1. The maximum Gasteiger partial charge on any atom is 0.356 e. The summed E-state index contributed by atoms with van der Waals surface area (Å²) in [4.78, 5) is 40.8. The first-order chi connectivity index (χ1) is 10.9. The zero-order valence-electron chi connectivity index (χ0n) is 13.3. The van der Waals surface area contributed by atoms with Crippen molar-refractivity contribution in [2.45, 2.75) is 37.6 Å². The number of hydrogen-bond donors (Lipinski definition) is 2. The van der Waals surface area contributed by atoms with Crippen molar-refractivity contribution < 1.29 is 19.1 Å². The molecular weight excluding hydrogens is 318 g/mol. The zero-order chi connectivity index (χ0) is 16.8. The fourth-order valence-electron chi connectivity index (χ4n) is 3.18. The number of aryl methyl sites for hydroxylation is 1. The van der Waals surface area contributed by atoms with Crippen molar-refractivity contribution in [3.63, 3.8) is 0 Å². The van der Waals surface area contributed by atoms with E-state index in [1.807, 2.05) is 6.92 Å². The predicted molar refractivity (Wildman–Crippen MR) is 86.2 cm³/mol. The van der Waals surface area contributed by atoms with Gasteiger partial charge in [-0.05, 0) is 26.3 Å². The molecule has 0 aromatic carbocycles. The van der Waals surface area contributed by atoms with Crippen LogP contribution in [0.25, 0.3) is 0 Å². The van der Waals surface area contributed by atoms with Crippen molar-refractivity contribution in [2.24, 2.45) is 0 Å². The number of amides is 2. The predicted octanol–water partition coefficient (Wildman–Crippen LogP) is 1.50. The van der Waals surface area contributed by atoms with E-state index in [4.69, 9.17) is 4.74 Å². The van der Waals surface area contributed by atoms with Crippen LogP contribution in [0.1, 0.15) is 35.9 Å². The van der Waals surface area contributed by atoms with E-state index < -0.39 is 12.0 Å². The Morgan fingerprint density at radius 2 is 2.26 bits per heavy atom. The Morgan fingerprint density at radius 3 is 2.96 bits per heavy atom. The molecule has 0 unspecified atom stereocenters. The molecule has 3 heterocycles. The van der Waals surface area contributed by atoms with Crippen LogP contribution in [-0.2, 0) is 14.3 Å². The Morgan fingerprint density at radius 1 is 1.52 bits per heavy atom. The number of ether oxygens (including phenoxy) is 1. The third kappa shape index (κ3) is 2.60. The molecule has 0 bridgehead atoms. The number of aromatic nitrogens is 1. The summed E-state index contributed by atoms with van der Waals surface area (Å²) in [5.41, 5.74) is 1.33. The van der Waals surface area contributed by atoms with Gasteiger partial charge in [0.15, 0.2) is 0 Å². The number of rotatable bonds is 3. The van der Waals surface area contributed by atoms with Crippen molar-refractivity contribution in [3.05, 3.63) is 17.5 Å². The number of thioether (sulfide) groups is 1. The summed E-state index contributed by atoms with van der Waals surface area (Å²) in [6.07, 6.45) is 1.24. The number of nitrogens with zero attached hydrogens (tertiary/aromatic N) is 1. The van der Waals surface area contributed by atoms with Crippen molar-refractivity contribution in [1.29, 1.82) is 0 Å². The molecule has 2 amide bonds. The SMILES string of the molecule is COC(=O)c1[nH]c(C)cc1NC(=O)[C@@H]1CS[C@]2(C)CCC(=O)N12. The van der Waals surface area contributed by atoms with E-state index in [0.717, 1.165) is 12.1 Å². The third-order valence-corrected chi connectivity index (χ3v) is 5.85. The summed E-state index contributed by atoms with van der Waals surface area (Å²) < 4.78 is 4.71. The van der Waals surface area contributed by atoms with Gasteiger partial charge in [0.05, 0.1) is 17.7 Å². The second-order valence-electron chi connectivity index (χ2n) is 5.99. The van der Waals surface area contributed by atoms with Crippen LogP contribution in [0.2, 0.25) is 0 Å². The molecule has 2 fully saturated rings. The Hall–Kier alpha value is -1.96. The Kier molecular flexibility index (Phi) is 3.87. The number of anilines is 1. The van der Waals surface area contributed by atoms with Gasteiger partial charge < -0.3 is 19.9 Å². The number of carbonyl (C=O) groups is 3. The highest BCUT2D eigenvalue weighted by Gasteiger charge is 2.52. The lowest BCUT2D eigenvalue weighted by atomic mass is 10.2. The van der Waals surface area contributed by atoms with E-state index in [0.29, 0.717) is 17.9 Å². The molecule has 2 N–H and O–H groups in total. The average Bonchev–Trinajstić information content (AvgIpc) is 3.12.